The van der Waals surface area contributed by atoms with Crippen LogP contribution in [0.15, 0.2) is 46.6 Å². The van der Waals surface area contributed by atoms with E-state index < -0.39 is 0 Å². The predicted octanol–water partition coefficient (Wildman–Crippen LogP) is 3.44. The number of benzene rings is 1. The molecule has 1 fully saturated rings. The maximum absolute atomic E-state index is 13.2. The zero-order valence-corrected chi connectivity index (χ0v) is 17.6. The molecule has 1 aromatic carbocycles. The van der Waals surface area contributed by atoms with Crippen molar-refractivity contribution in [2.24, 2.45) is 11.8 Å². The molecular weight excluding hydrogens is 384 g/mol. The van der Waals surface area contributed by atoms with E-state index in [0.29, 0.717) is 36.2 Å². The highest BCUT2D eigenvalue weighted by atomic mass is 32.1. The number of amides is 1. The number of nitrogens with one attached hydrogen (secondary N) is 1. The Bertz CT molecular complexity index is 1050. The van der Waals surface area contributed by atoms with E-state index in [1.807, 2.05) is 41.8 Å². The van der Waals surface area contributed by atoms with Crippen molar-refractivity contribution < 1.29 is 4.79 Å². The minimum atomic E-state index is -0.0389. The van der Waals surface area contributed by atoms with E-state index in [-0.39, 0.29) is 17.4 Å². The summed E-state index contributed by atoms with van der Waals surface area (Å²) in [7, 11) is 0. The fourth-order valence-corrected chi connectivity index (χ4v) is 4.47. The number of aromatic nitrogens is 2. The van der Waals surface area contributed by atoms with Gasteiger partial charge in [-0.15, -0.1) is 11.3 Å². The van der Waals surface area contributed by atoms with Crippen molar-refractivity contribution in [1.82, 2.24) is 14.9 Å². The number of piperidine rings is 1. The summed E-state index contributed by atoms with van der Waals surface area (Å²) in [6, 6.07) is 11.5. The normalized spacial score (nSPS) is 15.2. The van der Waals surface area contributed by atoms with Crippen LogP contribution >= 0.6 is 11.3 Å². The second kappa shape index (κ2) is 8.37. The van der Waals surface area contributed by atoms with Gasteiger partial charge in [0.2, 0.25) is 11.9 Å². The van der Waals surface area contributed by atoms with Crippen molar-refractivity contribution in [1.29, 1.82) is 0 Å². The topological polar surface area (TPSA) is 67.2 Å². The summed E-state index contributed by atoms with van der Waals surface area (Å²) >= 11 is 1.42. The second-order valence-corrected chi connectivity index (χ2v) is 8.84. The van der Waals surface area contributed by atoms with Crippen LogP contribution in [0.3, 0.4) is 0 Å². The van der Waals surface area contributed by atoms with Crippen LogP contribution in [0.25, 0.3) is 15.9 Å². The number of para-hydroxylation sites is 1. The third-order valence-corrected chi connectivity index (χ3v) is 6.20. The highest BCUT2D eigenvalue weighted by Crippen LogP contribution is 2.26. The lowest BCUT2D eigenvalue weighted by Gasteiger charge is -2.33. The number of fused-ring (bicyclic) bond motifs is 1. The Hall–Kier alpha value is -2.67. The standard InChI is InChI=1S/C22H26N4O2S/c1-15(2)14-23-20(27)16-8-11-25(12-9-16)22-24-18-10-13-29-19(18)21(28)26(22)17-6-4-3-5-7-17/h3-7,10,13,15-16H,8-9,11-12,14H2,1-2H3,(H,23,27). The minimum absolute atomic E-state index is 0.0202. The summed E-state index contributed by atoms with van der Waals surface area (Å²) in [4.78, 5) is 32.6. The minimum Gasteiger partial charge on any atom is -0.356 e. The van der Waals surface area contributed by atoms with Gasteiger partial charge >= 0.3 is 0 Å². The van der Waals surface area contributed by atoms with Crippen LogP contribution in [-0.2, 0) is 4.79 Å². The van der Waals surface area contributed by atoms with E-state index in [2.05, 4.69) is 24.1 Å². The molecule has 1 N–H and O–H groups in total. The average molecular weight is 411 g/mol. The molecule has 1 saturated heterocycles. The smallest absolute Gasteiger partial charge is 0.277 e. The number of carbonyl (C=O) groups excluding carboxylic acids is 1. The summed E-state index contributed by atoms with van der Waals surface area (Å²) in [5, 5.41) is 4.95. The molecule has 0 atom stereocenters. The van der Waals surface area contributed by atoms with Gasteiger partial charge in [-0.2, -0.15) is 0 Å². The van der Waals surface area contributed by atoms with E-state index in [4.69, 9.17) is 4.98 Å². The largest absolute Gasteiger partial charge is 0.356 e. The lowest BCUT2D eigenvalue weighted by Crippen LogP contribution is -2.43. The summed E-state index contributed by atoms with van der Waals surface area (Å²) in [6.45, 7) is 6.31. The summed E-state index contributed by atoms with van der Waals surface area (Å²) in [6.07, 6.45) is 1.52. The molecule has 1 aliphatic heterocycles. The molecule has 152 valence electrons. The quantitative estimate of drug-likeness (QED) is 0.700. The van der Waals surface area contributed by atoms with Gasteiger partial charge in [-0.3, -0.25) is 9.59 Å². The lowest BCUT2D eigenvalue weighted by atomic mass is 9.96. The van der Waals surface area contributed by atoms with Gasteiger partial charge in [-0.25, -0.2) is 9.55 Å². The number of nitrogens with zero attached hydrogens (tertiary/aromatic N) is 3. The van der Waals surface area contributed by atoms with Crippen LogP contribution < -0.4 is 15.8 Å². The first-order valence-electron chi connectivity index (χ1n) is 10.1. The van der Waals surface area contributed by atoms with Crippen LogP contribution in [0.5, 0.6) is 0 Å². The van der Waals surface area contributed by atoms with Crippen LogP contribution in [0.4, 0.5) is 5.95 Å². The zero-order chi connectivity index (χ0) is 20.4. The van der Waals surface area contributed by atoms with Gasteiger partial charge in [0.05, 0.1) is 11.2 Å². The Labute approximate surface area is 174 Å². The van der Waals surface area contributed by atoms with Gasteiger partial charge in [0.15, 0.2) is 0 Å². The van der Waals surface area contributed by atoms with Crippen LogP contribution in [0, 0.1) is 11.8 Å². The first-order valence-corrected chi connectivity index (χ1v) is 11.0. The molecule has 1 amide bonds. The molecule has 0 aliphatic carbocycles. The van der Waals surface area contributed by atoms with Crippen molar-refractivity contribution in [2.75, 3.05) is 24.5 Å². The number of anilines is 1. The van der Waals surface area contributed by atoms with Crippen LogP contribution in [0.1, 0.15) is 26.7 Å². The molecule has 0 bridgehead atoms. The molecule has 1 aliphatic rings. The Morgan fingerprint density at radius 1 is 1.21 bits per heavy atom. The monoisotopic (exact) mass is 410 g/mol. The Balaban J connectivity index is 1.62. The molecule has 0 saturated carbocycles. The molecule has 7 heteroatoms. The van der Waals surface area contributed by atoms with Crippen molar-refractivity contribution in [3.63, 3.8) is 0 Å². The Kier molecular flexibility index (Phi) is 5.67. The van der Waals surface area contributed by atoms with Crippen LogP contribution in [0.2, 0.25) is 0 Å². The molecule has 3 aromatic rings. The molecule has 4 rings (SSSR count). The lowest BCUT2D eigenvalue weighted by molar-refractivity contribution is -0.125. The number of thiophene rings is 1. The molecule has 0 radical (unpaired) electrons. The number of carbonyl (C=O) groups is 1. The van der Waals surface area contributed by atoms with Crippen molar-refractivity contribution >= 4 is 33.4 Å². The predicted molar refractivity (Wildman–Crippen MR) is 118 cm³/mol. The number of hydrogen-bond acceptors (Lipinski definition) is 5. The second-order valence-electron chi connectivity index (χ2n) is 7.92. The molecule has 2 aromatic heterocycles. The van der Waals surface area contributed by atoms with Crippen LogP contribution in [-0.4, -0.2) is 35.1 Å². The highest BCUT2D eigenvalue weighted by Gasteiger charge is 2.28. The van der Waals surface area contributed by atoms with Crippen molar-refractivity contribution in [2.45, 2.75) is 26.7 Å². The first kappa shape index (κ1) is 19.6. The Morgan fingerprint density at radius 2 is 1.93 bits per heavy atom. The fourth-order valence-electron chi connectivity index (χ4n) is 3.71. The number of hydrogen-bond donors (Lipinski definition) is 1. The molecule has 0 spiro atoms. The average Bonchev–Trinajstić information content (AvgIpc) is 3.22. The van der Waals surface area contributed by atoms with Gasteiger partial charge in [0.25, 0.3) is 5.56 Å². The highest BCUT2D eigenvalue weighted by molar-refractivity contribution is 7.17. The molecule has 0 unspecified atom stereocenters. The molecule has 3 heterocycles. The van der Waals surface area contributed by atoms with E-state index >= 15 is 0 Å². The van der Waals surface area contributed by atoms with Crippen molar-refractivity contribution in [3.05, 3.63) is 52.1 Å². The summed E-state index contributed by atoms with van der Waals surface area (Å²) in [5.41, 5.74) is 1.51. The zero-order valence-electron chi connectivity index (χ0n) is 16.8. The van der Waals surface area contributed by atoms with Gasteiger partial charge in [0.1, 0.15) is 4.70 Å². The third kappa shape index (κ3) is 4.05. The van der Waals surface area contributed by atoms with E-state index in [9.17, 15) is 9.59 Å². The van der Waals surface area contributed by atoms with Gasteiger partial charge in [-0.1, -0.05) is 32.0 Å². The SMILES string of the molecule is CC(C)CNC(=O)C1CCN(c2nc3ccsc3c(=O)n2-c2ccccc2)CC1. The molecule has 6 nitrogen and oxygen atoms in total. The van der Waals surface area contributed by atoms with Gasteiger partial charge in [0, 0.05) is 25.6 Å². The molecular formula is C22H26N4O2S. The Morgan fingerprint density at radius 3 is 2.62 bits per heavy atom. The number of rotatable bonds is 5. The van der Waals surface area contributed by atoms with E-state index in [1.165, 1.54) is 11.3 Å². The third-order valence-electron chi connectivity index (χ3n) is 5.31. The molecule has 29 heavy (non-hydrogen) atoms. The van der Waals surface area contributed by atoms with Gasteiger partial charge < -0.3 is 10.2 Å². The summed E-state index contributed by atoms with van der Waals surface area (Å²) < 4.78 is 2.37. The van der Waals surface area contributed by atoms with E-state index in [0.717, 1.165) is 24.0 Å². The summed E-state index contributed by atoms with van der Waals surface area (Å²) in [5.74, 6) is 1.26. The maximum atomic E-state index is 13.2. The first-order chi connectivity index (χ1) is 14.0. The fraction of sp³-hybridized carbons (Fsp3) is 0.409. The maximum Gasteiger partial charge on any atom is 0.277 e. The van der Waals surface area contributed by atoms with Crippen molar-refractivity contribution in [3.8, 4) is 5.69 Å². The van der Waals surface area contributed by atoms with E-state index in [1.54, 1.807) is 4.57 Å². The van der Waals surface area contributed by atoms with Gasteiger partial charge in [-0.05, 0) is 42.3 Å².